The van der Waals surface area contributed by atoms with Crippen LogP contribution in [0.5, 0.6) is 11.5 Å². The third-order valence-electron chi connectivity index (χ3n) is 5.59. The van der Waals surface area contributed by atoms with Gasteiger partial charge >= 0.3 is 0 Å². The lowest BCUT2D eigenvalue weighted by Gasteiger charge is -2.40. The van der Waals surface area contributed by atoms with Crippen molar-refractivity contribution in [1.29, 1.82) is 0 Å². The molecule has 1 fully saturated rings. The Morgan fingerprint density at radius 2 is 1.88 bits per heavy atom. The van der Waals surface area contributed by atoms with Crippen LogP contribution in [-0.4, -0.2) is 68.7 Å². The Balaban J connectivity index is 1.56. The Hall–Kier alpha value is -2.77. The maximum absolute atomic E-state index is 6.17. The molecule has 32 heavy (non-hydrogen) atoms. The number of nitrogens with one attached hydrogen (secondary N) is 1. The third kappa shape index (κ3) is 6.87. The van der Waals surface area contributed by atoms with Crippen molar-refractivity contribution in [3.8, 4) is 11.5 Å². The van der Waals surface area contributed by atoms with Crippen LogP contribution in [-0.2, 0) is 0 Å². The summed E-state index contributed by atoms with van der Waals surface area (Å²) in [6.45, 7) is 9.97. The van der Waals surface area contributed by atoms with Crippen LogP contribution in [0.3, 0.4) is 0 Å². The topological polar surface area (TPSA) is 75.3 Å². The molecule has 1 aliphatic rings. The molecule has 0 spiro atoms. The summed E-state index contributed by atoms with van der Waals surface area (Å²) >= 11 is 0. The lowest BCUT2D eigenvalue weighted by molar-refractivity contribution is 0.0894. The molecule has 3 N–H and O–H groups in total. The van der Waals surface area contributed by atoms with Gasteiger partial charge in [-0.25, -0.2) is 0 Å². The van der Waals surface area contributed by atoms with E-state index in [1.54, 1.807) is 0 Å². The molecule has 7 heteroatoms. The van der Waals surface area contributed by atoms with E-state index in [9.17, 15) is 0 Å². The molecule has 3 rings (SSSR count). The maximum atomic E-state index is 6.17. The van der Waals surface area contributed by atoms with Gasteiger partial charge in [0.05, 0.1) is 18.9 Å². The van der Waals surface area contributed by atoms with Crippen molar-refractivity contribution in [2.45, 2.75) is 26.3 Å². The highest BCUT2D eigenvalue weighted by atomic mass is 16.5. The average molecular weight is 440 g/mol. The fourth-order valence-corrected chi connectivity index (χ4v) is 4.01. The Morgan fingerprint density at radius 3 is 2.62 bits per heavy atom. The van der Waals surface area contributed by atoms with E-state index in [1.165, 1.54) is 5.56 Å². The van der Waals surface area contributed by atoms with Crippen molar-refractivity contribution in [2.75, 3.05) is 58.3 Å². The second-order valence-corrected chi connectivity index (χ2v) is 7.99. The normalized spacial score (nSPS) is 17.8. The number of hydrogen-bond acceptors (Lipinski definition) is 5. The fourth-order valence-electron chi connectivity index (χ4n) is 4.01. The lowest BCUT2D eigenvalue weighted by atomic mass is 10.0. The molecule has 0 aromatic heterocycles. The van der Waals surface area contributed by atoms with E-state index in [4.69, 9.17) is 15.2 Å². The van der Waals surface area contributed by atoms with Crippen molar-refractivity contribution < 1.29 is 9.47 Å². The molecule has 0 aliphatic carbocycles. The van der Waals surface area contributed by atoms with Crippen LogP contribution >= 0.6 is 0 Å². The van der Waals surface area contributed by atoms with E-state index in [0.29, 0.717) is 31.8 Å². The van der Waals surface area contributed by atoms with Gasteiger partial charge in [-0.1, -0.05) is 30.3 Å². The minimum atomic E-state index is 0.387. The summed E-state index contributed by atoms with van der Waals surface area (Å²) in [5.41, 5.74) is 8.32. The summed E-state index contributed by atoms with van der Waals surface area (Å²) < 4.78 is 11.3. The molecule has 0 radical (unpaired) electrons. The van der Waals surface area contributed by atoms with Gasteiger partial charge in [-0.15, -0.1) is 0 Å². The Bertz CT molecular complexity index is 859. The molecule has 0 bridgehead atoms. The number of rotatable bonds is 10. The van der Waals surface area contributed by atoms with Gasteiger partial charge in [0.15, 0.2) is 5.96 Å². The van der Waals surface area contributed by atoms with E-state index in [1.807, 2.05) is 32.0 Å². The van der Waals surface area contributed by atoms with Gasteiger partial charge in [0.2, 0.25) is 0 Å². The fraction of sp³-hybridized carbons (Fsp3) is 0.480. The number of benzene rings is 2. The average Bonchev–Trinajstić information content (AvgIpc) is 2.80. The van der Waals surface area contributed by atoms with Crippen molar-refractivity contribution in [3.63, 3.8) is 0 Å². The van der Waals surface area contributed by atoms with Crippen molar-refractivity contribution in [3.05, 3.63) is 54.1 Å². The summed E-state index contributed by atoms with van der Waals surface area (Å²) in [7, 11) is 2.20. The molecule has 174 valence electrons. The number of ether oxygens (including phenoxy) is 2. The summed E-state index contributed by atoms with van der Waals surface area (Å²) in [4.78, 5) is 9.51. The summed E-state index contributed by atoms with van der Waals surface area (Å²) in [5.74, 6) is 1.89. The molecule has 1 aliphatic heterocycles. The number of piperazine rings is 1. The molecule has 2 aromatic rings. The van der Waals surface area contributed by atoms with Crippen LogP contribution in [0, 0.1) is 0 Å². The van der Waals surface area contributed by atoms with Crippen molar-refractivity contribution >= 4 is 11.6 Å². The second kappa shape index (κ2) is 12.3. The predicted octanol–water partition coefficient (Wildman–Crippen LogP) is 3.59. The zero-order valence-corrected chi connectivity index (χ0v) is 19.6. The molecule has 0 saturated carbocycles. The molecular formula is C25H37N5O2. The number of anilines is 1. The third-order valence-corrected chi connectivity index (χ3v) is 5.59. The number of aliphatic imine (C=N–C) groups is 1. The first kappa shape index (κ1) is 23.9. The Kier molecular flexibility index (Phi) is 9.19. The minimum absolute atomic E-state index is 0.387. The zero-order chi connectivity index (χ0) is 22.8. The molecular weight excluding hydrogens is 402 g/mol. The first-order valence-corrected chi connectivity index (χ1v) is 11.5. The highest BCUT2D eigenvalue weighted by molar-refractivity contribution is 5.94. The van der Waals surface area contributed by atoms with Crippen LogP contribution < -0.4 is 20.5 Å². The number of likely N-dealkylation sites (N-methyl/N-ethyl adjacent to an activating group) is 1. The first-order chi connectivity index (χ1) is 15.6. The highest BCUT2D eigenvalue weighted by Crippen LogP contribution is 2.29. The van der Waals surface area contributed by atoms with Crippen LogP contribution in [0.15, 0.2) is 53.5 Å². The van der Waals surface area contributed by atoms with Crippen LogP contribution in [0.1, 0.15) is 31.9 Å². The minimum Gasteiger partial charge on any atom is -0.494 e. The second-order valence-electron chi connectivity index (χ2n) is 7.99. The molecule has 1 unspecified atom stereocenters. The maximum Gasteiger partial charge on any atom is 0.193 e. The Labute approximate surface area is 192 Å². The molecule has 1 atom stereocenters. The zero-order valence-electron chi connectivity index (χ0n) is 19.6. The lowest BCUT2D eigenvalue weighted by Crippen LogP contribution is -2.47. The van der Waals surface area contributed by atoms with Crippen molar-refractivity contribution in [1.82, 2.24) is 9.80 Å². The van der Waals surface area contributed by atoms with Crippen LogP contribution in [0.2, 0.25) is 0 Å². The predicted molar refractivity (Wildman–Crippen MR) is 132 cm³/mol. The summed E-state index contributed by atoms with van der Waals surface area (Å²) in [5, 5.41) is 3.18. The summed E-state index contributed by atoms with van der Waals surface area (Å²) in [6, 6.07) is 16.9. The van der Waals surface area contributed by atoms with Gasteiger partial charge < -0.3 is 25.4 Å². The van der Waals surface area contributed by atoms with Gasteiger partial charge in [-0.3, -0.25) is 9.89 Å². The highest BCUT2D eigenvalue weighted by Gasteiger charge is 2.25. The monoisotopic (exact) mass is 439 g/mol. The quantitative estimate of drug-likeness (QED) is 0.335. The smallest absolute Gasteiger partial charge is 0.193 e. The van der Waals surface area contributed by atoms with E-state index in [-0.39, 0.29) is 0 Å². The first-order valence-electron chi connectivity index (χ1n) is 11.5. The molecule has 2 aromatic carbocycles. The Morgan fingerprint density at radius 1 is 1.09 bits per heavy atom. The van der Waals surface area contributed by atoms with Crippen LogP contribution in [0.4, 0.5) is 5.69 Å². The van der Waals surface area contributed by atoms with E-state index in [0.717, 1.165) is 49.8 Å². The SMILES string of the molecule is CCOc1ccc(OCC)c(NC(N)=NCCCN2CCN(C)CC2c2ccccc2)c1. The van der Waals surface area contributed by atoms with Crippen molar-refractivity contribution in [2.24, 2.45) is 10.7 Å². The van der Waals surface area contributed by atoms with Gasteiger partial charge in [0.25, 0.3) is 0 Å². The largest absolute Gasteiger partial charge is 0.494 e. The van der Waals surface area contributed by atoms with E-state index in [2.05, 4.69) is 57.5 Å². The standard InChI is InChI=1S/C25H37N5O2/c1-4-31-21-12-13-24(32-5-2)22(18-21)28-25(26)27-14-9-15-30-17-16-29(3)19-23(30)20-10-7-6-8-11-20/h6-8,10-13,18,23H,4-5,9,14-17,19H2,1-3H3,(H3,26,27,28). The van der Waals surface area contributed by atoms with E-state index < -0.39 is 0 Å². The number of guanidine groups is 1. The van der Waals surface area contributed by atoms with Crippen LogP contribution in [0.25, 0.3) is 0 Å². The van der Waals surface area contributed by atoms with E-state index >= 15 is 0 Å². The number of nitrogens with two attached hydrogens (primary N) is 1. The molecule has 1 heterocycles. The summed E-state index contributed by atoms with van der Waals surface area (Å²) in [6.07, 6.45) is 0.951. The molecule has 0 amide bonds. The molecule has 1 saturated heterocycles. The van der Waals surface area contributed by atoms with Gasteiger partial charge in [0, 0.05) is 44.8 Å². The number of hydrogen-bond donors (Lipinski definition) is 2. The van der Waals surface area contributed by atoms with Gasteiger partial charge in [0.1, 0.15) is 11.5 Å². The van der Waals surface area contributed by atoms with Gasteiger partial charge in [-0.2, -0.15) is 0 Å². The number of nitrogens with zero attached hydrogens (tertiary/aromatic N) is 3. The van der Waals surface area contributed by atoms with Gasteiger partial charge in [-0.05, 0) is 45.0 Å². The molecule has 7 nitrogen and oxygen atoms in total.